The maximum absolute atomic E-state index is 12.5. The minimum Gasteiger partial charge on any atom is -0.504 e. The molecule has 3 fully saturated rings. The van der Waals surface area contributed by atoms with Crippen molar-refractivity contribution >= 4 is 5.97 Å². The average molecular weight is 673 g/mol. The molecule has 3 aliphatic heterocycles. The second kappa shape index (κ2) is 13.5. The Hall–Kier alpha value is -4.51. The number of phenolic OH excluding ortho intramolecular Hbond substituents is 4. The number of methoxy groups -OCH3 is 2. The fourth-order valence-corrected chi connectivity index (χ4v) is 6.30. The highest BCUT2D eigenvalue weighted by atomic mass is 16.7. The van der Waals surface area contributed by atoms with Gasteiger partial charge in [0.15, 0.2) is 40.2 Å². The molecule has 9 atom stereocenters. The number of benzene rings is 3. The van der Waals surface area contributed by atoms with Crippen molar-refractivity contribution in [3.63, 3.8) is 0 Å². The lowest BCUT2D eigenvalue weighted by molar-refractivity contribution is -0.277. The summed E-state index contributed by atoms with van der Waals surface area (Å²) >= 11 is 0. The zero-order valence-corrected chi connectivity index (χ0v) is 25.8. The Labute approximate surface area is 274 Å². The second-order valence-electron chi connectivity index (χ2n) is 11.8. The van der Waals surface area contributed by atoms with Gasteiger partial charge in [0.25, 0.3) is 0 Å². The average Bonchev–Trinajstić information content (AvgIpc) is 3.70. The van der Waals surface area contributed by atoms with E-state index in [0.29, 0.717) is 19.0 Å². The van der Waals surface area contributed by atoms with Crippen molar-refractivity contribution in [2.75, 3.05) is 34.0 Å². The summed E-state index contributed by atoms with van der Waals surface area (Å²) in [6.45, 7) is 0.268. The minimum absolute atomic E-state index is 0.0179. The number of fused-ring (bicyclic) bond motifs is 1. The second-order valence-corrected chi connectivity index (χ2v) is 11.8. The molecule has 15 nitrogen and oxygen atoms in total. The van der Waals surface area contributed by atoms with Crippen LogP contribution in [-0.2, 0) is 18.9 Å². The molecule has 0 radical (unpaired) electrons. The Bertz CT molecular complexity index is 1620. The number of carbonyl (C=O) groups is 1. The number of phenols is 4. The predicted octanol–water partition coefficient (Wildman–Crippen LogP) is 1.64. The van der Waals surface area contributed by atoms with E-state index in [1.807, 2.05) is 0 Å². The molecular weight excluding hydrogens is 636 g/mol. The minimum atomic E-state index is -1.74. The zero-order chi connectivity index (χ0) is 34.3. The lowest BCUT2D eigenvalue weighted by Crippen LogP contribution is -2.60. The number of aliphatic hydroxyl groups excluding tert-OH is 3. The van der Waals surface area contributed by atoms with Gasteiger partial charge in [-0.05, 0) is 47.5 Å². The lowest BCUT2D eigenvalue weighted by atomic mass is 9.85. The van der Waals surface area contributed by atoms with Gasteiger partial charge in [0.2, 0.25) is 6.29 Å². The highest BCUT2D eigenvalue weighted by Crippen LogP contribution is 2.51. The first-order valence-corrected chi connectivity index (χ1v) is 15.1. The summed E-state index contributed by atoms with van der Waals surface area (Å²) in [5, 5.41) is 70.5. The quantitative estimate of drug-likeness (QED) is 0.127. The molecule has 6 rings (SSSR count). The van der Waals surface area contributed by atoms with Crippen molar-refractivity contribution in [2.24, 2.45) is 11.8 Å². The van der Waals surface area contributed by atoms with Crippen LogP contribution in [-0.4, -0.2) is 106 Å². The number of ether oxygens (including phenoxy) is 7. The number of esters is 1. The van der Waals surface area contributed by atoms with Gasteiger partial charge in [-0.15, -0.1) is 0 Å². The van der Waals surface area contributed by atoms with Crippen LogP contribution < -0.4 is 14.2 Å². The topological polar surface area (TPSA) is 223 Å². The van der Waals surface area contributed by atoms with Crippen LogP contribution in [0.4, 0.5) is 0 Å². The summed E-state index contributed by atoms with van der Waals surface area (Å²) in [5.41, 5.74) is 1.35. The molecule has 48 heavy (non-hydrogen) atoms. The smallest absolute Gasteiger partial charge is 0.338 e. The van der Waals surface area contributed by atoms with Crippen LogP contribution in [0, 0.1) is 11.8 Å². The van der Waals surface area contributed by atoms with Crippen LogP contribution in [0.3, 0.4) is 0 Å². The van der Waals surface area contributed by atoms with Crippen LogP contribution in [0.1, 0.15) is 33.7 Å². The first-order valence-electron chi connectivity index (χ1n) is 15.1. The number of aromatic hydroxyl groups is 4. The molecule has 0 unspecified atom stereocenters. The fourth-order valence-electron chi connectivity index (χ4n) is 6.30. The Balaban J connectivity index is 1.13. The molecule has 3 aromatic rings. The van der Waals surface area contributed by atoms with Crippen molar-refractivity contribution in [2.45, 2.75) is 42.9 Å². The van der Waals surface area contributed by atoms with Crippen molar-refractivity contribution in [1.82, 2.24) is 0 Å². The van der Waals surface area contributed by atoms with Gasteiger partial charge in [-0.3, -0.25) is 0 Å². The highest BCUT2D eigenvalue weighted by Gasteiger charge is 2.49. The van der Waals surface area contributed by atoms with E-state index < -0.39 is 60.5 Å². The monoisotopic (exact) mass is 672 g/mol. The molecule has 0 aliphatic carbocycles. The summed E-state index contributed by atoms with van der Waals surface area (Å²) in [6, 6.07) is 12.0. The number of carbonyl (C=O) groups excluding carboxylic acids is 1. The third-order valence-electron chi connectivity index (χ3n) is 8.91. The van der Waals surface area contributed by atoms with Crippen molar-refractivity contribution in [1.29, 1.82) is 0 Å². The Kier molecular flexibility index (Phi) is 9.42. The molecule has 3 saturated heterocycles. The predicted molar refractivity (Wildman–Crippen MR) is 161 cm³/mol. The van der Waals surface area contributed by atoms with Gasteiger partial charge in [-0.25, -0.2) is 4.79 Å². The number of hydrogen-bond donors (Lipinski definition) is 7. The molecule has 0 bridgehead atoms. The van der Waals surface area contributed by atoms with Crippen LogP contribution in [0.5, 0.6) is 40.2 Å². The van der Waals surface area contributed by atoms with Gasteiger partial charge in [0, 0.05) is 11.8 Å². The number of rotatable bonds is 9. The Morgan fingerprint density at radius 1 is 0.729 bits per heavy atom. The van der Waals surface area contributed by atoms with E-state index in [-0.39, 0.29) is 46.9 Å². The molecule has 3 aliphatic rings. The Morgan fingerprint density at radius 3 is 1.92 bits per heavy atom. The molecule has 3 aromatic carbocycles. The SMILES string of the molecule is COc1cc([C@H]2OC[C@H]3[C@@H]2CO[C@@H]3c2ccc(O[C@H]3O[C@@H](COC(=O)c4cc(O)c(O)c(O)c4)[C@H](O)[C@@H](O)[C@@H]3O)c(OC)c2)ccc1O. The van der Waals surface area contributed by atoms with E-state index in [9.17, 15) is 40.5 Å². The Morgan fingerprint density at radius 2 is 1.31 bits per heavy atom. The fraction of sp³-hybridized carbons (Fsp3) is 0.424. The maximum Gasteiger partial charge on any atom is 0.338 e. The third kappa shape index (κ3) is 6.23. The molecule has 258 valence electrons. The van der Waals surface area contributed by atoms with Gasteiger partial charge in [-0.2, -0.15) is 0 Å². The number of aliphatic hydroxyl groups is 3. The molecule has 3 heterocycles. The lowest BCUT2D eigenvalue weighted by Gasteiger charge is -2.40. The molecular formula is C33H36O15. The first-order chi connectivity index (χ1) is 23.0. The van der Waals surface area contributed by atoms with Crippen molar-refractivity contribution in [3.05, 3.63) is 65.2 Å². The maximum atomic E-state index is 12.5. The van der Waals surface area contributed by atoms with Crippen LogP contribution in [0.2, 0.25) is 0 Å². The first kappa shape index (κ1) is 33.4. The van der Waals surface area contributed by atoms with Gasteiger partial charge in [-0.1, -0.05) is 12.1 Å². The van der Waals surface area contributed by atoms with Crippen LogP contribution >= 0.6 is 0 Å². The van der Waals surface area contributed by atoms with Gasteiger partial charge < -0.3 is 68.9 Å². The zero-order valence-electron chi connectivity index (χ0n) is 25.8. The van der Waals surface area contributed by atoms with E-state index >= 15 is 0 Å². The molecule has 0 amide bonds. The van der Waals surface area contributed by atoms with Gasteiger partial charge in [0.05, 0.1) is 45.2 Å². The van der Waals surface area contributed by atoms with E-state index in [2.05, 4.69) is 0 Å². The van der Waals surface area contributed by atoms with Crippen LogP contribution in [0.15, 0.2) is 48.5 Å². The summed E-state index contributed by atoms with van der Waals surface area (Å²) in [5.74, 6) is -2.49. The summed E-state index contributed by atoms with van der Waals surface area (Å²) in [6.07, 6.45) is -8.57. The summed E-state index contributed by atoms with van der Waals surface area (Å²) in [7, 11) is 2.91. The number of hydrogen-bond acceptors (Lipinski definition) is 15. The van der Waals surface area contributed by atoms with E-state index in [1.165, 1.54) is 14.2 Å². The molecule has 15 heteroatoms. The van der Waals surface area contributed by atoms with Crippen LogP contribution in [0.25, 0.3) is 0 Å². The third-order valence-corrected chi connectivity index (χ3v) is 8.91. The van der Waals surface area contributed by atoms with Gasteiger partial charge >= 0.3 is 5.97 Å². The van der Waals surface area contributed by atoms with E-state index in [1.54, 1.807) is 36.4 Å². The molecule has 0 spiro atoms. The largest absolute Gasteiger partial charge is 0.504 e. The van der Waals surface area contributed by atoms with E-state index in [0.717, 1.165) is 23.3 Å². The molecule has 0 saturated carbocycles. The van der Waals surface area contributed by atoms with Crippen molar-refractivity contribution in [3.8, 4) is 40.2 Å². The molecule has 0 aromatic heterocycles. The van der Waals surface area contributed by atoms with Gasteiger partial charge in [0.1, 0.15) is 31.0 Å². The normalized spacial score (nSPS) is 29.6. The standard InChI is InChI=1S/C33H36O15/c1-42-23-9-14(3-5-19(23)34)30-17-11-45-31(18(17)12-44-30)15-4-6-22(24(10-15)43-2)47-33-29(40)28(39)27(38)25(48-33)13-46-32(41)16-7-20(35)26(37)21(36)8-16/h3-10,17-18,25,27-31,33-40H,11-13H2,1-2H3/t17-,18-,25-,27-,28+,29-,30+,31+,33-/m0/s1. The molecule has 7 N–H and O–H groups in total. The summed E-state index contributed by atoms with van der Waals surface area (Å²) < 4.78 is 39.9. The summed E-state index contributed by atoms with van der Waals surface area (Å²) in [4.78, 5) is 12.5. The highest BCUT2D eigenvalue weighted by molar-refractivity contribution is 5.91. The van der Waals surface area contributed by atoms with Crippen molar-refractivity contribution < 1.29 is 73.7 Å². The van der Waals surface area contributed by atoms with E-state index in [4.69, 9.17) is 33.2 Å².